The third-order valence-corrected chi connectivity index (χ3v) is 2.48. The number of hydrogen-bond acceptors (Lipinski definition) is 4. The van der Waals surface area contributed by atoms with Crippen LogP contribution in [0.3, 0.4) is 0 Å². The zero-order valence-corrected chi connectivity index (χ0v) is 10.3. The highest BCUT2D eigenvalue weighted by atomic mass is 16.5. The Bertz CT molecular complexity index is 398. The highest BCUT2D eigenvalue weighted by Gasteiger charge is 2.28. The van der Waals surface area contributed by atoms with E-state index in [1.54, 1.807) is 38.1 Å². The van der Waals surface area contributed by atoms with Gasteiger partial charge in [-0.05, 0) is 13.8 Å². The van der Waals surface area contributed by atoms with Crippen molar-refractivity contribution in [3.8, 4) is 0 Å². The van der Waals surface area contributed by atoms with Crippen molar-refractivity contribution < 1.29 is 14.3 Å². The molecule has 1 N–H and O–H groups in total. The van der Waals surface area contributed by atoms with Gasteiger partial charge in [-0.25, -0.2) is 0 Å². The number of carbonyl (C=O) groups excluding carboxylic acids is 2. The first kappa shape index (κ1) is 13.4. The van der Waals surface area contributed by atoms with Crippen molar-refractivity contribution in [1.82, 2.24) is 5.32 Å². The van der Waals surface area contributed by atoms with Crippen LogP contribution in [0.4, 0.5) is 0 Å². The molecule has 0 amide bonds. The molecule has 0 aromatic heterocycles. The second-order valence-electron chi connectivity index (χ2n) is 4.26. The number of Topliss-reactive ketones (excluding diaryl/α,β-unsaturated/α-hetero) is 1. The Balaban J connectivity index is 2.57. The molecule has 0 atom stereocenters. The molecular weight excluding hydrogens is 218 g/mol. The third-order valence-electron chi connectivity index (χ3n) is 2.48. The summed E-state index contributed by atoms with van der Waals surface area (Å²) >= 11 is 0. The van der Waals surface area contributed by atoms with Gasteiger partial charge in [0.05, 0.1) is 13.7 Å². The zero-order valence-electron chi connectivity index (χ0n) is 10.3. The van der Waals surface area contributed by atoms with Gasteiger partial charge >= 0.3 is 5.97 Å². The van der Waals surface area contributed by atoms with Crippen LogP contribution in [0, 0.1) is 0 Å². The van der Waals surface area contributed by atoms with Gasteiger partial charge in [0, 0.05) is 5.56 Å². The fourth-order valence-electron chi connectivity index (χ4n) is 1.35. The average Bonchev–Trinajstić information content (AvgIpc) is 2.36. The van der Waals surface area contributed by atoms with Crippen LogP contribution in [-0.2, 0) is 9.53 Å². The van der Waals surface area contributed by atoms with E-state index in [2.05, 4.69) is 10.1 Å². The molecule has 0 bridgehead atoms. The van der Waals surface area contributed by atoms with E-state index in [0.717, 1.165) is 0 Å². The van der Waals surface area contributed by atoms with Crippen LogP contribution < -0.4 is 5.32 Å². The van der Waals surface area contributed by atoms with Crippen molar-refractivity contribution in [2.75, 3.05) is 13.7 Å². The van der Waals surface area contributed by atoms with Crippen molar-refractivity contribution in [3.63, 3.8) is 0 Å². The molecule has 0 fully saturated rings. The van der Waals surface area contributed by atoms with Crippen molar-refractivity contribution in [2.45, 2.75) is 19.4 Å². The van der Waals surface area contributed by atoms with E-state index in [0.29, 0.717) is 5.56 Å². The van der Waals surface area contributed by atoms with Crippen LogP contribution in [0.5, 0.6) is 0 Å². The number of methoxy groups -OCH3 is 1. The van der Waals surface area contributed by atoms with Crippen molar-refractivity contribution in [1.29, 1.82) is 0 Å². The lowest BCUT2D eigenvalue weighted by atomic mass is 10.0. The molecule has 92 valence electrons. The monoisotopic (exact) mass is 235 g/mol. The van der Waals surface area contributed by atoms with E-state index in [-0.39, 0.29) is 12.3 Å². The largest absolute Gasteiger partial charge is 0.468 e. The Kier molecular flexibility index (Phi) is 4.40. The second kappa shape index (κ2) is 5.59. The fourth-order valence-corrected chi connectivity index (χ4v) is 1.35. The van der Waals surface area contributed by atoms with E-state index in [1.165, 1.54) is 7.11 Å². The van der Waals surface area contributed by atoms with E-state index < -0.39 is 11.5 Å². The van der Waals surface area contributed by atoms with Gasteiger partial charge in [0.25, 0.3) is 0 Å². The number of ketones is 1. The molecule has 0 unspecified atom stereocenters. The number of esters is 1. The molecular formula is C13H17NO3. The van der Waals surface area contributed by atoms with Gasteiger partial charge in [0.15, 0.2) is 5.78 Å². The predicted molar refractivity (Wildman–Crippen MR) is 64.9 cm³/mol. The summed E-state index contributed by atoms with van der Waals surface area (Å²) < 4.78 is 4.64. The second-order valence-corrected chi connectivity index (χ2v) is 4.26. The minimum atomic E-state index is -0.862. The number of rotatable bonds is 5. The SMILES string of the molecule is COC(=O)C(C)(C)NCC(=O)c1ccccc1. The predicted octanol–water partition coefficient (Wildman–Crippen LogP) is 1.41. The van der Waals surface area contributed by atoms with Gasteiger partial charge in [-0.15, -0.1) is 0 Å². The minimum Gasteiger partial charge on any atom is -0.468 e. The topological polar surface area (TPSA) is 55.4 Å². The summed E-state index contributed by atoms with van der Waals surface area (Å²) in [4.78, 5) is 23.2. The lowest BCUT2D eigenvalue weighted by Gasteiger charge is -2.22. The van der Waals surface area contributed by atoms with Crippen LogP contribution in [0.2, 0.25) is 0 Å². The molecule has 4 heteroatoms. The summed E-state index contributed by atoms with van der Waals surface area (Å²) in [6.07, 6.45) is 0. The number of hydrogen-bond donors (Lipinski definition) is 1. The summed E-state index contributed by atoms with van der Waals surface area (Å²) in [5, 5.41) is 2.88. The first-order chi connectivity index (χ1) is 7.97. The summed E-state index contributed by atoms with van der Waals surface area (Å²) in [7, 11) is 1.32. The molecule has 1 rings (SSSR count). The molecule has 0 heterocycles. The molecule has 1 aromatic carbocycles. The number of ether oxygens (including phenoxy) is 1. The van der Waals surface area contributed by atoms with E-state index in [9.17, 15) is 9.59 Å². The Morgan fingerprint density at radius 3 is 2.35 bits per heavy atom. The maximum atomic E-state index is 11.8. The van der Waals surface area contributed by atoms with Gasteiger partial charge < -0.3 is 4.74 Å². The highest BCUT2D eigenvalue weighted by molar-refractivity contribution is 5.98. The Morgan fingerprint density at radius 2 is 1.82 bits per heavy atom. The normalized spacial score (nSPS) is 11.0. The lowest BCUT2D eigenvalue weighted by Crippen LogP contribution is -2.49. The quantitative estimate of drug-likeness (QED) is 0.619. The van der Waals surface area contributed by atoms with Crippen LogP contribution in [0.25, 0.3) is 0 Å². The Hall–Kier alpha value is -1.68. The number of carbonyl (C=O) groups is 2. The molecule has 0 saturated carbocycles. The maximum absolute atomic E-state index is 11.8. The molecule has 0 saturated heterocycles. The number of nitrogens with one attached hydrogen (secondary N) is 1. The van der Waals surface area contributed by atoms with Crippen molar-refractivity contribution >= 4 is 11.8 Å². The molecule has 4 nitrogen and oxygen atoms in total. The standard InChI is InChI=1S/C13H17NO3/c1-13(2,12(16)17-3)14-9-11(15)10-7-5-4-6-8-10/h4-8,14H,9H2,1-3H3. The third kappa shape index (κ3) is 3.67. The fraction of sp³-hybridized carbons (Fsp3) is 0.385. The Morgan fingerprint density at radius 1 is 1.24 bits per heavy atom. The van der Waals surface area contributed by atoms with Crippen LogP contribution in [0.1, 0.15) is 24.2 Å². The first-order valence-electron chi connectivity index (χ1n) is 5.39. The van der Waals surface area contributed by atoms with E-state index in [1.807, 2.05) is 6.07 Å². The smallest absolute Gasteiger partial charge is 0.325 e. The maximum Gasteiger partial charge on any atom is 0.325 e. The molecule has 0 spiro atoms. The van der Waals surface area contributed by atoms with Crippen LogP contribution in [-0.4, -0.2) is 30.9 Å². The summed E-state index contributed by atoms with van der Waals surface area (Å²) in [6.45, 7) is 3.46. The minimum absolute atomic E-state index is 0.0532. The van der Waals surface area contributed by atoms with E-state index >= 15 is 0 Å². The molecule has 0 aliphatic carbocycles. The zero-order chi connectivity index (χ0) is 12.9. The summed E-state index contributed by atoms with van der Waals surface area (Å²) in [5.74, 6) is -0.444. The lowest BCUT2D eigenvalue weighted by molar-refractivity contribution is -0.147. The molecule has 17 heavy (non-hydrogen) atoms. The highest BCUT2D eigenvalue weighted by Crippen LogP contribution is 2.05. The summed E-state index contributed by atoms with van der Waals surface area (Å²) in [5.41, 5.74) is -0.236. The average molecular weight is 235 g/mol. The van der Waals surface area contributed by atoms with Gasteiger partial charge in [-0.3, -0.25) is 14.9 Å². The molecule has 0 radical (unpaired) electrons. The van der Waals surface area contributed by atoms with Gasteiger partial charge in [-0.2, -0.15) is 0 Å². The molecule has 0 aliphatic rings. The summed E-state index contributed by atoms with van der Waals surface area (Å²) in [6, 6.07) is 8.95. The van der Waals surface area contributed by atoms with Crippen molar-refractivity contribution in [2.24, 2.45) is 0 Å². The van der Waals surface area contributed by atoms with Crippen LogP contribution >= 0.6 is 0 Å². The molecule has 0 aliphatic heterocycles. The van der Waals surface area contributed by atoms with Gasteiger partial charge in [0.1, 0.15) is 5.54 Å². The molecule has 1 aromatic rings. The van der Waals surface area contributed by atoms with E-state index in [4.69, 9.17) is 0 Å². The van der Waals surface area contributed by atoms with Gasteiger partial charge in [0.2, 0.25) is 0 Å². The van der Waals surface area contributed by atoms with Crippen LogP contribution in [0.15, 0.2) is 30.3 Å². The Labute approximate surface area is 101 Å². The van der Waals surface area contributed by atoms with Gasteiger partial charge in [-0.1, -0.05) is 30.3 Å². The first-order valence-corrected chi connectivity index (χ1v) is 5.39. The number of benzene rings is 1. The van der Waals surface area contributed by atoms with Crippen molar-refractivity contribution in [3.05, 3.63) is 35.9 Å².